The molecule has 1 amide bonds. The van der Waals surface area contributed by atoms with Gasteiger partial charge in [0.15, 0.2) is 0 Å². The van der Waals surface area contributed by atoms with E-state index in [1.54, 1.807) is 20.8 Å². The predicted molar refractivity (Wildman–Crippen MR) is 109 cm³/mol. The van der Waals surface area contributed by atoms with Gasteiger partial charge in [0, 0.05) is 11.3 Å². The van der Waals surface area contributed by atoms with E-state index in [0.29, 0.717) is 5.56 Å². The average molecular weight is 487 g/mol. The van der Waals surface area contributed by atoms with Crippen molar-refractivity contribution in [3.05, 3.63) is 65.5 Å². The van der Waals surface area contributed by atoms with Gasteiger partial charge in [0.25, 0.3) is 0 Å². The second-order valence-electron chi connectivity index (χ2n) is 8.23. The summed E-state index contributed by atoms with van der Waals surface area (Å²) in [4.78, 5) is 17.1. The van der Waals surface area contributed by atoms with Crippen LogP contribution in [-0.4, -0.2) is 21.8 Å². The zero-order valence-electron chi connectivity index (χ0n) is 18.2. The lowest BCUT2D eigenvalue weighted by atomic mass is 10.1. The lowest BCUT2D eigenvalue weighted by molar-refractivity contribution is -0.159. The average Bonchev–Trinajstić information content (AvgIpc) is 3.21. The van der Waals surface area contributed by atoms with Crippen molar-refractivity contribution in [1.82, 2.24) is 10.1 Å². The van der Waals surface area contributed by atoms with Gasteiger partial charge in [-0.3, -0.25) is 4.90 Å². The SMILES string of the molecule is CC(C)(C)OC(=O)N(Cc1ccc(-c2noc(C(F)(F)F)n2)cc1)c1cccc(C(F)(F)F)c1. The zero-order chi connectivity index (χ0) is 25.3. The second kappa shape index (κ2) is 8.99. The van der Waals surface area contributed by atoms with Crippen LogP contribution in [0.4, 0.5) is 36.8 Å². The summed E-state index contributed by atoms with van der Waals surface area (Å²) in [5, 5.41) is 3.30. The van der Waals surface area contributed by atoms with E-state index in [1.807, 2.05) is 0 Å². The largest absolute Gasteiger partial charge is 0.471 e. The number of hydrogen-bond donors (Lipinski definition) is 0. The van der Waals surface area contributed by atoms with Crippen molar-refractivity contribution in [2.24, 2.45) is 0 Å². The minimum Gasteiger partial charge on any atom is -0.443 e. The van der Waals surface area contributed by atoms with E-state index in [0.717, 1.165) is 17.0 Å². The van der Waals surface area contributed by atoms with Crippen molar-refractivity contribution in [2.75, 3.05) is 4.90 Å². The van der Waals surface area contributed by atoms with E-state index >= 15 is 0 Å². The maximum Gasteiger partial charge on any atom is 0.471 e. The molecule has 0 aliphatic rings. The van der Waals surface area contributed by atoms with E-state index in [1.165, 1.54) is 36.4 Å². The number of aromatic nitrogens is 2. The first-order chi connectivity index (χ1) is 15.6. The van der Waals surface area contributed by atoms with Gasteiger partial charge in [0.05, 0.1) is 12.1 Å². The van der Waals surface area contributed by atoms with Gasteiger partial charge < -0.3 is 9.26 Å². The molecule has 3 aromatic rings. The fourth-order valence-corrected chi connectivity index (χ4v) is 2.83. The molecule has 2 aromatic carbocycles. The highest BCUT2D eigenvalue weighted by atomic mass is 19.4. The van der Waals surface area contributed by atoms with Crippen molar-refractivity contribution in [2.45, 2.75) is 45.3 Å². The number of amides is 1. The van der Waals surface area contributed by atoms with Gasteiger partial charge in [0.1, 0.15) is 5.60 Å². The van der Waals surface area contributed by atoms with Crippen LogP contribution in [0.3, 0.4) is 0 Å². The first-order valence-electron chi connectivity index (χ1n) is 9.81. The molecule has 0 aliphatic carbocycles. The molecule has 12 heteroatoms. The summed E-state index contributed by atoms with van der Waals surface area (Å²) in [5.74, 6) is -1.78. The number of hydrogen-bond acceptors (Lipinski definition) is 5. The lowest BCUT2D eigenvalue weighted by Gasteiger charge is -2.28. The van der Waals surface area contributed by atoms with Gasteiger partial charge >= 0.3 is 24.3 Å². The molecule has 3 rings (SSSR count). The van der Waals surface area contributed by atoms with E-state index in [9.17, 15) is 31.1 Å². The van der Waals surface area contributed by atoms with E-state index in [-0.39, 0.29) is 23.6 Å². The predicted octanol–water partition coefficient (Wildman–Crippen LogP) is 6.72. The first-order valence-corrected chi connectivity index (χ1v) is 9.81. The quantitative estimate of drug-likeness (QED) is 0.383. The Morgan fingerprint density at radius 3 is 2.15 bits per heavy atom. The Hall–Kier alpha value is -3.57. The molecule has 0 saturated heterocycles. The van der Waals surface area contributed by atoms with Gasteiger partial charge in [-0.1, -0.05) is 35.5 Å². The van der Waals surface area contributed by atoms with Crippen LogP contribution in [0.15, 0.2) is 53.1 Å². The Labute approximate surface area is 190 Å². The monoisotopic (exact) mass is 487 g/mol. The van der Waals surface area contributed by atoms with E-state index in [2.05, 4.69) is 14.7 Å². The highest BCUT2D eigenvalue weighted by molar-refractivity contribution is 5.88. The zero-order valence-corrected chi connectivity index (χ0v) is 18.2. The van der Waals surface area contributed by atoms with Crippen LogP contribution in [0.2, 0.25) is 0 Å². The van der Waals surface area contributed by atoms with Crippen LogP contribution >= 0.6 is 0 Å². The molecule has 0 radical (unpaired) electrons. The molecule has 0 aliphatic heterocycles. The van der Waals surface area contributed by atoms with Crippen LogP contribution in [0.1, 0.15) is 37.8 Å². The maximum absolute atomic E-state index is 13.2. The fraction of sp³-hybridized carbons (Fsp3) is 0.318. The lowest BCUT2D eigenvalue weighted by Crippen LogP contribution is -2.36. The van der Waals surface area contributed by atoms with Crippen molar-refractivity contribution >= 4 is 11.8 Å². The highest BCUT2D eigenvalue weighted by Crippen LogP contribution is 2.33. The second-order valence-corrected chi connectivity index (χ2v) is 8.23. The molecule has 6 nitrogen and oxygen atoms in total. The minimum absolute atomic E-state index is 0.0406. The van der Waals surface area contributed by atoms with Crippen LogP contribution in [0.5, 0.6) is 0 Å². The maximum atomic E-state index is 13.2. The summed E-state index contributed by atoms with van der Waals surface area (Å²) in [6, 6.07) is 9.98. The molecule has 0 N–H and O–H groups in total. The number of ether oxygens (including phenoxy) is 1. The summed E-state index contributed by atoms with van der Waals surface area (Å²) in [7, 11) is 0. The summed E-state index contributed by atoms with van der Waals surface area (Å²) in [6.45, 7) is 4.68. The van der Waals surface area contributed by atoms with Gasteiger partial charge in [-0.25, -0.2) is 4.79 Å². The molecule has 1 heterocycles. The summed E-state index contributed by atoms with van der Waals surface area (Å²) < 4.78 is 87.1. The van der Waals surface area contributed by atoms with Crippen LogP contribution in [0, 0.1) is 0 Å². The Kier molecular flexibility index (Phi) is 6.63. The highest BCUT2D eigenvalue weighted by Gasteiger charge is 2.38. The molecular formula is C22H19F6N3O3. The van der Waals surface area contributed by atoms with E-state index in [4.69, 9.17) is 4.74 Å². The molecule has 1 aromatic heterocycles. The number of alkyl halides is 6. The van der Waals surface area contributed by atoms with Gasteiger partial charge in [-0.15, -0.1) is 0 Å². The number of anilines is 1. The van der Waals surface area contributed by atoms with Crippen LogP contribution < -0.4 is 4.90 Å². The number of halogens is 6. The molecule has 0 bridgehead atoms. The normalized spacial score (nSPS) is 12.5. The summed E-state index contributed by atoms with van der Waals surface area (Å²) in [6.07, 6.45) is -10.3. The topological polar surface area (TPSA) is 68.5 Å². The Morgan fingerprint density at radius 2 is 1.62 bits per heavy atom. The smallest absolute Gasteiger partial charge is 0.443 e. The molecular weight excluding hydrogens is 468 g/mol. The van der Waals surface area contributed by atoms with Crippen LogP contribution in [0.25, 0.3) is 11.4 Å². The van der Waals surface area contributed by atoms with Gasteiger partial charge in [-0.05, 0) is 44.5 Å². The third-order valence-electron chi connectivity index (χ3n) is 4.32. The molecule has 0 saturated carbocycles. The number of benzene rings is 2. The number of carbonyl (C=O) groups excluding carboxylic acids is 1. The summed E-state index contributed by atoms with van der Waals surface area (Å²) >= 11 is 0. The Balaban J connectivity index is 1.89. The van der Waals surface area contributed by atoms with Gasteiger partial charge in [-0.2, -0.15) is 31.3 Å². The van der Waals surface area contributed by atoms with Crippen molar-refractivity contribution in [3.8, 4) is 11.4 Å². The fourth-order valence-electron chi connectivity index (χ4n) is 2.83. The molecule has 0 fully saturated rings. The van der Waals surface area contributed by atoms with E-state index < -0.39 is 35.5 Å². The number of rotatable bonds is 4. The third kappa shape index (κ3) is 6.27. The van der Waals surface area contributed by atoms with Crippen molar-refractivity contribution < 1.29 is 40.4 Å². The third-order valence-corrected chi connectivity index (χ3v) is 4.32. The first kappa shape index (κ1) is 25.1. The molecule has 0 spiro atoms. The Bertz CT molecular complexity index is 1150. The molecule has 0 atom stereocenters. The molecule has 182 valence electrons. The van der Waals surface area contributed by atoms with Gasteiger partial charge in [0.2, 0.25) is 5.82 Å². The van der Waals surface area contributed by atoms with Crippen LogP contribution in [-0.2, 0) is 23.6 Å². The standard InChI is InChI=1S/C22H19F6N3O3/c1-20(2,3)33-19(32)31(16-6-4-5-15(11-16)21(23,24)25)12-13-7-9-14(10-8-13)17-29-18(34-30-17)22(26,27)28/h4-11H,12H2,1-3H3. The minimum atomic E-state index is -4.79. The number of carbonyl (C=O) groups is 1. The summed E-state index contributed by atoms with van der Waals surface area (Å²) in [5.41, 5.74) is -1.21. The van der Waals surface area contributed by atoms with Crippen molar-refractivity contribution in [1.29, 1.82) is 0 Å². The van der Waals surface area contributed by atoms with Crippen molar-refractivity contribution in [3.63, 3.8) is 0 Å². The molecule has 0 unspecified atom stereocenters. The molecule has 34 heavy (non-hydrogen) atoms. The number of nitrogens with zero attached hydrogens (tertiary/aromatic N) is 3. The Morgan fingerprint density at radius 1 is 0.971 bits per heavy atom.